The van der Waals surface area contributed by atoms with Crippen LogP contribution in [0.4, 0.5) is 4.39 Å². The predicted molar refractivity (Wildman–Crippen MR) is 51.2 cm³/mol. The second-order valence-corrected chi connectivity index (χ2v) is 3.23. The van der Waals surface area contributed by atoms with Gasteiger partial charge in [0, 0.05) is 6.42 Å². The lowest BCUT2D eigenvalue weighted by Gasteiger charge is -2.12. The number of carbonyl (C=O) groups is 1. The van der Waals surface area contributed by atoms with Gasteiger partial charge in [-0.1, -0.05) is 18.2 Å². The summed E-state index contributed by atoms with van der Waals surface area (Å²) in [4.78, 5) is 10.7. The Kier molecular flexibility index (Phi) is 3.18. The molecule has 0 aromatic heterocycles. The minimum atomic E-state index is -0.907. The van der Waals surface area contributed by atoms with Crippen LogP contribution in [0, 0.1) is 0 Å². The molecule has 1 unspecified atom stereocenters. The van der Waals surface area contributed by atoms with Crippen LogP contribution in [0.15, 0.2) is 35.5 Å². The van der Waals surface area contributed by atoms with E-state index in [2.05, 4.69) is 0 Å². The van der Waals surface area contributed by atoms with Crippen molar-refractivity contribution < 1.29 is 9.18 Å². The van der Waals surface area contributed by atoms with Gasteiger partial charge in [-0.3, -0.25) is 4.79 Å². The zero-order valence-corrected chi connectivity index (χ0v) is 7.88. The van der Waals surface area contributed by atoms with Gasteiger partial charge in [0.15, 0.2) is 5.78 Å². The normalized spacial score (nSPS) is 22.8. The van der Waals surface area contributed by atoms with Crippen LogP contribution in [0.3, 0.4) is 0 Å². The molecule has 2 heteroatoms. The molecule has 0 fully saturated rings. The third kappa shape index (κ3) is 2.98. The molecule has 1 rings (SSSR count). The summed E-state index contributed by atoms with van der Waals surface area (Å²) in [6.45, 7) is 3.40. The van der Waals surface area contributed by atoms with Crippen molar-refractivity contribution in [2.45, 2.75) is 26.4 Å². The monoisotopic (exact) mass is 180 g/mol. The lowest BCUT2D eigenvalue weighted by Crippen LogP contribution is -2.03. The summed E-state index contributed by atoms with van der Waals surface area (Å²) in [7, 11) is 0. The van der Waals surface area contributed by atoms with Crippen LogP contribution in [-0.4, -0.2) is 12.0 Å². The van der Waals surface area contributed by atoms with Crippen molar-refractivity contribution in [1.29, 1.82) is 0 Å². The number of allylic oxidation sites excluding steroid dienone is 6. The number of ketones is 1. The maximum absolute atomic E-state index is 12.9. The molecule has 0 aliphatic heterocycles. The number of rotatable bonds is 2. The number of hydrogen-bond donors (Lipinski definition) is 0. The maximum Gasteiger partial charge on any atom is 0.152 e. The van der Waals surface area contributed by atoms with Crippen molar-refractivity contribution in [2.75, 3.05) is 0 Å². The van der Waals surface area contributed by atoms with Gasteiger partial charge in [0.1, 0.15) is 6.17 Å². The Labute approximate surface area is 77.6 Å². The van der Waals surface area contributed by atoms with Crippen molar-refractivity contribution in [3.05, 3.63) is 35.5 Å². The first-order valence-electron chi connectivity index (χ1n) is 4.30. The molecule has 0 amide bonds. The Bertz CT molecular complexity index is 297. The molecular formula is C11H13FO. The van der Waals surface area contributed by atoms with Gasteiger partial charge < -0.3 is 0 Å². The molecule has 0 N–H and O–H groups in total. The van der Waals surface area contributed by atoms with Crippen LogP contribution >= 0.6 is 0 Å². The Morgan fingerprint density at radius 1 is 1.69 bits per heavy atom. The molecule has 1 aliphatic carbocycles. The van der Waals surface area contributed by atoms with Crippen molar-refractivity contribution >= 4 is 5.78 Å². The van der Waals surface area contributed by atoms with E-state index in [1.807, 2.05) is 6.92 Å². The zero-order valence-electron chi connectivity index (χ0n) is 7.88. The summed E-state index contributed by atoms with van der Waals surface area (Å²) in [5.74, 6) is -0.00902. The SMILES string of the molecule is CC(=O)/C=C/C1=C(C)C=CC(F)C1. The Morgan fingerprint density at radius 2 is 2.38 bits per heavy atom. The summed E-state index contributed by atoms with van der Waals surface area (Å²) >= 11 is 0. The largest absolute Gasteiger partial charge is 0.295 e. The van der Waals surface area contributed by atoms with Crippen molar-refractivity contribution in [3.63, 3.8) is 0 Å². The topological polar surface area (TPSA) is 17.1 Å². The van der Waals surface area contributed by atoms with Crippen LogP contribution in [0.1, 0.15) is 20.3 Å². The number of hydrogen-bond acceptors (Lipinski definition) is 1. The lowest BCUT2D eigenvalue weighted by atomic mass is 9.97. The molecule has 0 heterocycles. The van der Waals surface area contributed by atoms with Gasteiger partial charge in [0.05, 0.1) is 0 Å². The quantitative estimate of drug-likeness (QED) is 0.597. The van der Waals surface area contributed by atoms with E-state index in [-0.39, 0.29) is 5.78 Å². The van der Waals surface area contributed by atoms with E-state index in [1.165, 1.54) is 13.0 Å². The van der Waals surface area contributed by atoms with Gasteiger partial charge in [-0.15, -0.1) is 0 Å². The highest BCUT2D eigenvalue weighted by Gasteiger charge is 2.10. The van der Waals surface area contributed by atoms with Crippen LogP contribution in [0.5, 0.6) is 0 Å². The lowest BCUT2D eigenvalue weighted by molar-refractivity contribution is -0.112. The molecule has 1 aliphatic rings. The van der Waals surface area contributed by atoms with Gasteiger partial charge in [0.2, 0.25) is 0 Å². The van der Waals surface area contributed by atoms with Crippen LogP contribution < -0.4 is 0 Å². The van der Waals surface area contributed by atoms with Gasteiger partial charge >= 0.3 is 0 Å². The molecule has 70 valence electrons. The van der Waals surface area contributed by atoms with Crippen molar-refractivity contribution in [3.8, 4) is 0 Å². The average molecular weight is 180 g/mol. The number of halogens is 1. The van der Waals surface area contributed by atoms with E-state index in [9.17, 15) is 9.18 Å². The smallest absolute Gasteiger partial charge is 0.152 e. The Morgan fingerprint density at radius 3 is 3.00 bits per heavy atom. The molecule has 0 radical (unpaired) electrons. The summed E-state index contributed by atoms with van der Waals surface area (Å²) in [5, 5.41) is 0. The van der Waals surface area contributed by atoms with Crippen LogP contribution in [0.25, 0.3) is 0 Å². The first-order valence-corrected chi connectivity index (χ1v) is 4.30. The number of carbonyl (C=O) groups excluding carboxylic acids is 1. The van der Waals surface area contributed by atoms with Crippen LogP contribution in [-0.2, 0) is 4.79 Å². The summed E-state index contributed by atoms with van der Waals surface area (Å²) in [6.07, 6.45) is 5.95. The molecule has 0 spiro atoms. The van der Waals surface area contributed by atoms with Crippen molar-refractivity contribution in [1.82, 2.24) is 0 Å². The molecule has 1 nitrogen and oxygen atoms in total. The maximum atomic E-state index is 12.9. The highest BCUT2D eigenvalue weighted by Crippen LogP contribution is 2.21. The molecule has 0 bridgehead atoms. The second kappa shape index (κ2) is 4.17. The fraction of sp³-hybridized carbons (Fsp3) is 0.364. The molecule has 1 atom stereocenters. The van der Waals surface area contributed by atoms with Gasteiger partial charge in [0.25, 0.3) is 0 Å². The Hall–Kier alpha value is -1.18. The summed E-state index contributed by atoms with van der Waals surface area (Å²) in [5.41, 5.74) is 1.94. The minimum Gasteiger partial charge on any atom is -0.295 e. The van der Waals surface area contributed by atoms with E-state index >= 15 is 0 Å². The van der Waals surface area contributed by atoms with Gasteiger partial charge in [-0.2, -0.15) is 0 Å². The van der Waals surface area contributed by atoms with E-state index in [0.29, 0.717) is 6.42 Å². The molecule has 0 aromatic rings. The van der Waals surface area contributed by atoms with Gasteiger partial charge in [-0.25, -0.2) is 4.39 Å². The standard InChI is InChI=1S/C11H13FO/c1-8-3-6-11(12)7-10(8)5-4-9(2)13/h3-6,11H,7H2,1-2H3/b5-4+. The average Bonchev–Trinajstić information content (AvgIpc) is 2.06. The van der Waals surface area contributed by atoms with Crippen molar-refractivity contribution in [2.24, 2.45) is 0 Å². The van der Waals surface area contributed by atoms with E-state index in [4.69, 9.17) is 0 Å². The molecule has 0 saturated carbocycles. The number of alkyl halides is 1. The third-order valence-electron chi connectivity index (χ3n) is 2.00. The summed E-state index contributed by atoms with van der Waals surface area (Å²) < 4.78 is 12.9. The molecule has 13 heavy (non-hydrogen) atoms. The minimum absolute atomic E-state index is 0.00902. The molecule has 0 aromatic carbocycles. The molecule has 0 saturated heterocycles. The highest BCUT2D eigenvalue weighted by atomic mass is 19.1. The fourth-order valence-electron chi connectivity index (χ4n) is 1.21. The molecular weight excluding hydrogens is 167 g/mol. The predicted octanol–water partition coefficient (Wildman–Crippen LogP) is 2.75. The fourth-order valence-corrected chi connectivity index (χ4v) is 1.21. The van der Waals surface area contributed by atoms with Gasteiger partial charge in [-0.05, 0) is 31.1 Å². The van der Waals surface area contributed by atoms with Crippen LogP contribution in [0.2, 0.25) is 0 Å². The Balaban J connectivity index is 2.78. The van der Waals surface area contributed by atoms with E-state index < -0.39 is 6.17 Å². The summed E-state index contributed by atoms with van der Waals surface area (Å²) in [6, 6.07) is 0. The third-order valence-corrected chi connectivity index (χ3v) is 2.00. The highest BCUT2D eigenvalue weighted by molar-refractivity contribution is 5.87. The first-order chi connectivity index (χ1) is 6.09. The van der Waals surface area contributed by atoms with E-state index in [0.717, 1.165) is 11.1 Å². The zero-order chi connectivity index (χ0) is 9.84. The van der Waals surface area contributed by atoms with E-state index in [1.54, 1.807) is 18.2 Å². The second-order valence-electron chi connectivity index (χ2n) is 3.23. The first kappa shape index (κ1) is 9.90.